The van der Waals surface area contributed by atoms with Crippen molar-refractivity contribution in [2.75, 3.05) is 18.9 Å². The molecular formula is C14H21N3OS. The molecule has 0 saturated heterocycles. The van der Waals surface area contributed by atoms with Crippen LogP contribution in [0.4, 0.5) is 5.69 Å². The number of amides is 1. The maximum absolute atomic E-state index is 11.1. The summed E-state index contributed by atoms with van der Waals surface area (Å²) in [6.45, 7) is 2.36. The van der Waals surface area contributed by atoms with Gasteiger partial charge in [-0.1, -0.05) is 25.5 Å². The number of carbonyl (C=O) groups is 1. The van der Waals surface area contributed by atoms with Crippen LogP contribution in [0.5, 0.6) is 0 Å². The molecule has 0 aromatic heterocycles. The molecule has 3 N–H and O–H groups in total. The molecule has 1 rings (SSSR count). The lowest BCUT2D eigenvalue weighted by molar-refractivity contribution is -0.119. The number of likely N-dealkylation sites (N-methyl/N-ethyl adjacent to an activating group) is 1. The van der Waals surface area contributed by atoms with Gasteiger partial charge in [0.1, 0.15) is 0 Å². The predicted octanol–water partition coefficient (Wildman–Crippen LogP) is 2.06. The fourth-order valence-electron chi connectivity index (χ4n) is 1.56. The maximum atomic E-state index is 11.1. The minimum absolute atomic E-state index is 0.0981. The average Bonchev–Trinajstić information content (AvgIpc) is 2.44. The van der Waals surface area contributed by atoms with E-state index in [-0.39, 0.29) is 12.5 Å². The van der Waals surface area contributed by atoms with Gasteiger partial charge < -0.3 is 16.0 Å². The van der Waals surface area contributed by atoms with Gasteiger partial charge in [-0.15, -0.1) is 0 Å². The number of carbonyl (C=O) groups excluding carboxylic acids is 1. The first kappa shape index (κ1) is 15.4. The first-order chi connectivity index (χ1) is 9.15. The number of hydrogen-bond acceptors (Lipinski definition) is 2. The summed E-state index contributed by atoms with van der Waals surface area (Å²) in [6.07, 6.45) is 3.52. The highest BCUT2D eigenvalue weighted by Gasteiger charge is 2.01. The number of thiocarbonyl (C=S) groups is 1. The van der Waals surface area contributed by atoms with E-state index in [0.29, 0.717) is 5.11 Å². The van der Waals surface area contributed by atoms with Crippen LogP contribution in [0.15, 0.2) is 24.3 Å². The SMILES string of the molecule is CCCCc1ccc(NC(=S)NCC(=O)NC)cc1. The fraction of sp³-hybridized carbons (Fsp3) is 0.429. The maximum Gasteiger partial charge on any atom is 0.239 e. The zero-order valence-corrected chi connectivity index (χ0v) is 12.3. The molecule has 0 atom stereocenters. The Labute approximate surface area is 120 Å². The molecule has 0 spiro atoms. The van der Waals surface area contributed by atoms with Gasteiger partial charge in [-0.3, -0.25) is 4.79 Å². The number of rotatable bonds is 6. The molecule has 0 radical (unpaired) electrons. The van der Waals surface area contributed by atoms with Crippen molar-refractivity contribution in [2.24, 2.45) is 0 Å². The molecule has 5 heteroatoms. The molecule has 0 fully saturated rings. The second kappa shape index (κ2) is 8.48. The lowest BCUT2D eigenvalue weighted by Crippen LogP contribution is -2.37. The van der Waals surface area contributed by atoms with E-state index in [1.165, 1.54) is 18.4 Å². The Morgan fingerprint density at radius 3 is 2.53 bits per heavy atom. The van der Waals surface area contributed by atoms with Crippen LogP contribution in [0.25, 0.3) is 0 Å². The molecule has 19 heavy (non-hydrogen) atoms. The average molecular weight is 279 g/mol. The summed E-state index contributed by atoms with van der Waals surface area (Å²) < 4.78 is 0. The molecule has 0 aliphatic heterocycles. The Kier molecular flexibility index (Phi) is 6.89. The molecule has 0 aliphatic carbocycles. The van der Waals surface area contributed by atoms with Gasteiger partial charge in [0.05, 0.1) is 6.54 Å². The van der Waals surface area contributed by atoms with Crippen LogP contribution in [0.2, 0.25) is 0 Å². The van der Waals surface area contributed by atoms with Gasteiger partial charge in [0.25, 0.3) is 0 Å². The van der Waals surface area contributed by atoms with E-state index in [1.807, 2.05) is 12.1 Å². The minimum atomic E-state index is -0.0981. The van der Waals surface area contributed by atoms with Crippen LogP contribution < -0.4 is 16.0 Å². The van der Waals surface area contributed by atoms with Gasteiger partial charge in [0.2, 0.25) is 5.91 Å². The molecule has 1 aromatic rings. The number of nitrogens with one attached hydrogen (secondary N) is 3. The van der Waals surface area contributed by atoms with Crippen LogP contribution in [-0.4, -0.2) is 24.6 Å². The second-order valence-electron chi connectivity index (χ2n) is 4.28. The standard InChI is InChI=1S/C14H21N3OS/c1-3-4-5-11-6-8-12(9-7-11)17-14(19)16-10-13(18)15-2/h6-9H,3-5,10H2,1-2H3,(H,15,18)(H2,16,17,19). The smallest absolute Gasteiger partial charge is 0.239 e. The largest absolute Gasteiger partial charge is 0.358 e. The quantitative estimate of drug-likeness (QED) is 0.698. The molecule has 0 unspecified atom stereocenters. The Hall–Kier alpha value is -1.62. The fourth-order valence-corrected chi connectivity index (χ4v) is 1.75. The number of benzene rings is 1. The van der Waals surface area contributed by atoms with Crippen molar-refractivity contribution in [2.45, 2.75) is 26.2 Å². The first-order valence-electron chi connectivity index (χ1n) is 6.50. The third-order valence-corrected chi connectivity index (χ3v) is 2.97. The lowest BCUT2D eigenvalue weighted by Gasteiger charge is -2.10. The number of hydrogen-bond donors (Lipinski definition) is 3. The van der Waals surface area contributed by atoms with E-state index < -0.39 is 0 Å². The van der Waals surface area contributed by atoms with Crippen molar-refractivity contribution < 1.29 is 4.79 Å². The van der Waals surface area contributed by atoms with Crippen LogP contribution in [0.1, 0.15) is 25.3 Å². The molecule has 4 nitrogen and oxygen atoms in total. The van der Waals surface area contributed by atoms with Crippen molar-refractivity contribution >= 4 is 28.9 Å². The van der Waals surface area contributed by atoms with Gasteiger partial charge in [-0.25, -0.2) is 0 Å². The highest BCUT2D eigenvalue weighted by molar-refractivity contribution is 7.80. The van der Waals surface area contributed by atoms with Gasteiger partial charge in [0.15, 0.2) is 5.11 Å². The molecule has 0 saturated carbocycles. The van der Waals surface area contributed by atoms with Crippen molar-refractivity contribution in [1.29, 1.82) is 0 Å². The van der Waals surface area contributed by atoms with E-state index in [1.54, 1.807) is 7.05 Å². The summed E-state index contributed by atoms with van der Waals surface area (Å²) >= 11 is 5.10. The highest BCUT2D eigenvalue weighted by atomic mass is 32.1. The van der Waals surface area contributed by atoms with Crippen LogP contribution in [-0.2, 0) is 11.2 Å². The van der Waals surface area contributed by atoms with Gasteiger partial charge >= 0.3 is 0 Å². The summed E-state index contributed by atoms with van der Waals surface area (Å²) in [4.78, 5) is 11.1. The van der Waals surface area contributed by atoms with Crippen molar-refractivity contribution in [3.63, 3.8) is 0 Å². The van der Waals surface area contributed by atoms with Crippen LogP contribution >= 0.6 is 12.2 Å². The summed E-state index contributed by atoms with van der Waals surface area (Å²) in [5.41, 5.74) is 2.26. The molecule has 0 bridgehead atoms. The zero-order valence-electron chi connectivity index (χ0n) is 11.5. The Balaban J connectivity index is 2.40. The summed E-state index contributed by atoms with van der Waals surface area (Å²) in [7, 11) is 1.59. The minimum Gasteiger partial charge on any atom is -0.358 e. The first-order valence-corrected chi connectivity index (χ1v) is 6.91. The summed E-state index contributed by atoms with van der Waals surface area (Å²) in [5.74, 6) is -0.0981. The number of aryl methyl sites for hydroxylation is 1. The van der Waals surface area contributed by atoms with Gasteiger partial charge in [0, 0.05) is 12.7 Å². The van der Waals surface area contributed by atoms with E-state index in [0.717, 1.165) is 12.1 Å². The summed E-state index contributed by atoms with van der Waals surface area (Å²) in [6, 6.07) is 8.19. The molecule has 1 amide bonds. The van der Waals surface area contributed by atoms with Crippen molar-refractivity contribution in [3.8, 4) is 0 Å². The molecule has 0 heterocycles. The lowest BCUT2D eigenvalue weighted by atomic mass is 10.1. The molecule has 0 aliphatic rings. The Morgan fingerprint density at radius 2 is 1.95 bits per heavy atom. The van der Waals surface area contributed by atoms with E-state index in [4.69, 9.17) is 12.2 Å². The molecular weight excluding hydrogens is 258 g/mol. The van der Waals surface area contributed by atoms with Gasteiger partial charge in [-0.2, -0.15) is 0 Å². The van der Waals surface area contributed by atoms with Gasteiger partial charge in [-0.05, 0) is 42.8 Å². The third-order valence-electron chi connectivity index (χ3n) is 2.72. The second-order valence-corrected chi connectivity index (χ2v) is 4.69. The van der Waals surface area contributed by atoms with Crippen LogP contribution in [0, 0.1) is 0 Å². The van der Waals surface area contributed by atoms with Crippen molar-refractivity contribution in [3.05, 3.63) is 29.8 Å². The summed E-state index contributed by atoms with van der Waals surface area (Å²) in [5, 5.41) is 8.86. The van der Waals surface area contributed by atoms with E-state index in [9.17, 15) is 4.79 Å². The number of anilines is 1. The predicted molar refractivity (Wildman–Crippen MR) is 83.3 cm³/mol. The third kappa shape index (κ3) is 6.20. The monoisotopic (exact) mass is 279 g/mol. The molecule has 104 valence electrons. The van der Waals surface area contributed by atoms with E-state index in [2.05, 4.69) is 35.0 Å². The van der Waals surface area contributed by atoms with E-state index >= 15 is 0 Å². The Bertz CT molecular complexity index is 417. The number of unbranched alkanes of at least 4 members (excludes halogenated alkanes) is 1. The normalized spacial score (nSPS) is 9.79. The highest BCUT2D eigenvalue weighted by Crippen LogP contribution is 2.11. The van der Waals surface area contributed by atoms with Crippen LogP contribution in [0.3, 0.4) is 0 Å². The van der Waals surface area contributed by atoms with Crippen molar-refractivity contribution in [1.82, 2.24) is 10.6 Å². The zero-order chi connectivity index (χ0) is 14.1. The Morgan fingerprint density at radius 1 is 1.26 bits per heavy atom. The topological polar surface area (TPSA) is 53.2 Å². The molecule has 1 aromatic carbocycles.